The zero-order valence-corrected chi connectivity index (χ0v) is 19.1. The number of aliphatic hydroxyl groups excluding tert-OH is 1. The van der Waals surface area contributed by atoms with Crippen LogP contribution in [0, 0.1) is 11.8 Å². The van der Waals surface area contributed by atoms with Gasteiger partial charge in [-0.1, -0.05) is 60.1 Å². The Labute approximate surface area is 194 Å². The van der Waals surface area contributed by atoms with E-state index in [-0.39, 0.29) is 12.0 Å². The van der Waals surface area contributed by atoms with E-state index in [1.807, 2.05) is 48.5 Å². The van der Waals surface area contributed by atoms with Gasteiger partial charge in [0.05, 0.1) is 6.10 Å². The number of amides is 1. The number of halogens is 1. The summed E-state index contributed by atoms with van der Waals surface area (Å²) in [4.78, 5) is 18.5. The summed E-state index contributed by atoms with van der Waals surface area (Å²) in [7, 11) is 1.79. The SMILES string of the molecule is CN(Cc1ccc(Cl)nc1)C(=O)c1ccc(C[C@@H]2CC[C@H]([C@H](O)c3ccccc3)C2)cc1. The van der Waals surface area contributed by atoms with Crippen LogP contribution in [-0.2, 0) is 13.0 Å². The largest absolute Gasteiger partial charge is 0.388 e. The highest BCUT2D eigenvalue weighted by Crippen LogP contribution is 2.40. The van der Waals surface area contributed by atoms with Crippen LogP contribution in [-0.4, -0.2) is 27.9 Å². The Morgan fingerprint density at radius 2 is 1.78 bits per heavy atom. The lowest BCUT2D eigenvalue weighted by atomic mass is 9.91. The number of carbonyl (C=O) groups is 1. The fourth-order valence-electron chi connectivity index (χ4n) is 4.69. The van der Waals surface area contributed by atoms with Crippen molar-refractivity contribution < 1.29 is 9.90 Å². The number of aromatic nitrogens is 1. The molecule has 166 valence electrons. The van der Waals surface area contributed by atoms with Crippen molar-refractivity contribution in [2.75, 3.05) is 7.05 Å². The molecule has 2 aromatic carbocycles. The highest BCUT2D eigenvalue weighted by atomic mass is 35.5. The highest BCUT2D eigenvalue weighted by Gasteiger charge is 2.30. The van der Waals surface area contributed by atoms with Crippen molar-refractivity contribution in [3.8, 4) is 0 Å². The predicted octanol–water partition coefficient (Wildman–Crippen LogP) is 5.70. The number of pyridine rings is 1. The van der Waals surface area contributed by atoms with Crippen molar-refractivity contribution in [3.63, 3.8) is 0 Å². The maximum atomic E-state index is 12.8. The lowest BCUT2D eigenvalue weighted by molar-refractivity contribution is 0.0785. The monoisotopic (exact) mass is 448 g/mol. The summed E-state index contributed by atoms with van der Waals surface area (Å²) in [5, 5.41) is 11.2. The number of nitrogens with zero attached hydrogens (tertiary/aromatic N) is 2. The number of benzene rings is 2. The zero-order valence-electron chi connectivity index (χ0n) is 18.3. The first kappa shape index (κ1) is 22.5. The molecule has 3 aromatic rings. The first-order chi connectivity index (χ1) is 15.5. The van der Waals surface area contributed by atoms with Crippen molar-refractivity contribution in [1.29, 1.82) is 0 Å². The molecule has 1 aromatic heterocycles. The molecular formula is C27H29ClN2O2. The molecule has 4 rings (SSSR count). The van der Waals surface area contributed by atoms with Crippen LogP contribution in [0.15, 0.2) is 72.9 Å². The Hall–Kier alpha value is -2.69. The molecule has 1 saturated carbocycles. The quantitative estimate of drug-likeness (QED) is 0.471. The van der Waals surface area contributed by atoms with Crippen molar-refractivity contribution in [1.82, 2.24) is 9.88 Å². The zero-order chi connectivity index (χ0) is 22.5. The van der Waals surface area contributed by atoms with Crippen LogP contribution in [0.3, 0.4) is 0 Å². The lowest BCUT2D eigenvalue weighted by Gasteiger charge is -2.19. The van der Waals surface area contributed by atoms with Gasteiger partial charge in [-0.25, -0.2) is 4.98 Å². The van der Waals surface area contributed by atoms with Crippen LogP contribution in [0.2, 0.25) is 5.15 Å². The number of hydrogen-bond donors (Lipinski definition) is 1. The summed E-state index contributed by atoms with van der Waals surface area (Å²) in [6.45, 7) is 0.484. The molecule has 0 radical (unpaired) electrons. The summed E-state index contributed by atoms with van der Waals surface area (Å²) < 4.78 is 0. The molecule has 0 saturated heterocycles. The van der Waals surface area contributed by atoms with E-state index >= 15 is 0 Å². The number of hydrogen-bond acceptors (Lipinski definition) is 3. The average Bonchev–Trinajstić information content (AvgIpc) is 3.29. The first-order valence-corrected chi connectivity index (χ1v) is 11.5. The van der Waals surface area contributed by atoms with Crippen molar-refractivity contribution in [2.24, 2.45) is 11.8 Å². The molecular weight excluding hydrogens is 420 g/mol. The standard InChI is InChI=1S/C27H29ClN2O2/c1-30(18-21-10-14-25(28)29-17-21)27(32)23-11-7-19(8-12-23)15-20-9-13-24(16-20)26(31)22-5-3-2-4-6-22/h2-8,10-12,14,17,20,24,26,31H,9,13,15-16,18H2,1H3/t20-,24-,26+/m0/s1. The third-order valence-electron chi connectivity index (χ3n) is 6.45. The second kappa shape index (κ2) is 10.3. The molecule has 32 heavy (non-hydrogen) atoms. The molecule has 1 heterocycles. The highest BCUT2D eigenvalue weighted by molar-refractivity contribution is 6.29. The van der Waals surface area contributed by atoms with Crippen molar-refractivity contribution in [3.05, 3.63) is 100 Å². The van der Waals surface area contributed by atoms with Gasteiger partial charge in [0.1, 0.15) is 5.15 Å². The van der Waals surface area contributed by atoms with E-state index in [0.717, 1.165) is 36.8 Å². The van der Waals surface area contributed by atoms with Gasteiger partial charge in [-0.05, 0) is 72.4 Å². The van der Waals surface area contributed by atoms with E-state index in [1.165, 1.54) is 5.56 Å². The van der Waals surface area contributed by atoms with Gasteiger partial charge in [0.25, 0.3) is 5.91 Å². The van der Waals surface area contributed by atoms with E-state index in [4.69, 9.17) is 11.6 Å². The minimum absolute atomic E-state index is 0.0154. The van der Waals surface area contributed by atoms with Gasteiger partial charge in [-0.3, -0.25) is 4.79 Å². The lowest BCUT2D eigenvalue weighted by Crippen LogP contribution is -2.26. The first-order valence-electron chi connectivity index (χ1n) is 11.2. The molecule has 1 N–H and O–H groups in total. The van der Waals surface area contributed by atoms with Gasteiger partial charge < -0.3 is 10.0 Å². The van der Waals surface area contributed by atoms with Crippen LogP contribution in [0.5, 0.6) is 0 Å². The smallest absolute Gasteiger partial charge is 0.253 e. The van der Waals surface area contributed by atoms with Crippen LogP contribution >= 0.6 is 11.6 Å². The van der Waals surface area contributed by atoms with Crippen molar-refractivity contribution in [2.45, 2.75) is 38.3 Å². The van der Waals surface area contributed by atoms with Gasteiger partial charge in [-0.2, -0.15) is 0 Å². The fraction of sp³-hybridized carbons (Fsp3) is 0.333. The normalized spacial score (nSPS) is 19.0. The maximum Gasteiger partial charge on any atom is 0.253 e. The summed E-state index contributed by atoms with van der Waals surface area (Å²) in [5.74, 6) is 0.873. The molecule has 1 aliphatic carbocycles. The fourth-order valence-corrected chi connectivity index (χ4v) is 4.80. The van der Waals surface area contributed by atoms with Crippen molar-refractivity contribution >= 4 is 17.5 Å². The number of aliphatic hydroxyl groups is 1. The predicted molar refractivity (Wildman–Crippen MR) is 127 cm³/mol. The molecule has 0 bridgehead atoms. The van der Waals surface area contributed by atoms with Gasteiger partial charge in [-0.15, -0.1) is 0 Å². The Bertz CT molecular complexity index is 1020. The van der Waals surface area contributed by atoms with E-state index < -0.39 is 0 Å². The molecule has 1 aliphatic rings. The summed E-state index contributed by atoms with van der Waals surface area (Å²) in [5.41, 5.74) is 3.88. The topological polar surface area (TPSA) is 53.4 Å². The Morgan fingerprint density at radius 1 is 1.06 bits per heavy atom. The van der Waals surface area contributed by atoms with E-state index in [9.17, 15) is 9.90 Å². The minimum Gasteiger partial charge on any atom is -0.388 e. The number of carbonyl (C=O) groups excluding carboxylic acids is 1. The van der Waals surface area contributed by atoms with E-state index in [0.29, 0.717) is 29.1 Å². The molecule has 3 atom stereocenters. The Morgan fingerprint density at radius 3 is 2.47 bits per heavy atom. The molecule has 0 spiro atoms. The van der Waals surface area contributed by atoms with E-state index in [1.54, 1.807) is 24.2 Å². The van der Waals surface area contributed by atoms with Crippen LogP contribution < -0.4 is 0 Å². The van der Waals surface area contributed by atoms with Crippen LogP contribution in [0.1, 0.15) is 52.4 Å². The average molecular weight is 449 g/mol. The van der Waals surface area contributed by atoms with Gasteiger partial charge >= 0.3 is 0 Å². The van der Waals surface area contributed by atoms with Crippen LogP contribution in [0.25, 0.3) is 0 Å². The van der Waals surface area contributed by atoms with Gasteiger partial charge in [0.15, 0.2) is 0 Å². The van der Waals surface area contributed by atoms with E-state index in [2.05, 4.69) is 17.1 Å². The van der Waals surface area contributed by atoms with Crippen LogP contribution in [0.4, 0.5) is 0 Å². The second-order valence-electron chi connectivity index (χ2n) is 8.85. The van der Waals surface area contributed by atoms with Gasteiger partial charge in [0.2, 0.25) is 0 Å². The number of rotatable bonds is 7. The molecule has 0 unspecified atom stereocenters. The molecule has 0 aliphatic heterocycles. The third kappa shape index (κ3) is 5.56. The Balaban J connectivity index is 1.31. The molecule has 4 nitrogen and oxygen atoms in total. The maximum absolute atomic E-state index is 12.8. The minimum atomic E-state index is -0.382. The molecule has 1 amide bonds. The second-order valence-corrected chi connectivity index (χ2v) is 9.23. The Kier molecular flexibility index (Phi) is 7.23. The summed E-state index contributed by atoms with van der Waals surface area (Å²) >= 11 is 5.83. The summed E-state index contributed by atoms with van der Waals surface area (Å²) in [6, 6.07) is 21.5. The van der Waals surface area contributed by atoms with Gasteiger partial charge in [0, 0.05) is 25.4 Å². The summed E-state index contributed by atoms with van der Waals surface area (Å²) in [6.07, 6.45) is 5.52. The third-order valence-corrected chi connectivity index (χ3v) is 6.67. The molecule has 1 fully saturated rings. The molecule has 5 heteroatoms.